The molecule has 130 valence electrons. The molecule has 2 unspecified atom stereocenters. The van der Waals surface area contributed by atoms with Crippen molar-refractivity contribution in [2.24, 2.45) is 0 Å². The Labute approximate surface area is 134 Å². The molecule has 23 heavy (non-hydrogen) atoms. The van der Waals surface area contributed by atoms with Crippen LogP contribution in [0.3, 0.4) is 0 Å². The maximum absolute atomic E-state index is 12.2. The second kappa shape index (κ2) is 7.87. The predicted molar refractivity (Wildman–Crippen MR) is 82.7 cm³/mol. The lowest BCUT2D eigenvalue weighted by molar-refractivity contribution is -0.0839. The van der Waals surface area contributed by atoms with Crippen molar-refractivity contribution in [3.8, 4) is 0 Å². The van der Waals surface area contributed by atoms with Gasteiger partial charge in [-0.05, 0) is 13.3 Å². The van der Waals surface area contributed by atoms with Gasteiger partial charge in [0.05, 0.1) is 19.3 Å². The number of rotatable bonds is 7. The summed E-state index contributed by atoms with van der Waals surface area (Å²) >= 11 is 0. The molecule has 0 bridgehead atoms. The zero-order chi connectivity index (χ0) is 17.0. The molecule has 1 N–H and O–H groups in total. The predicted octanol–water partition coefficient (Wildman–Crippen LogP) is 0.199. The molecule has 1 saturated heterocycles. The highest BCUT2D eigenvalue weighted by Gasteiger charge is 2.46. The average molecular weight is 328 g/mol. The van der Waals surface area contributed by atoms with Gasteiger partial charge in [-0.3, -0.25) is 14.3 Å². The number of ether oxygens (including phenoxy) is 4. The Kier molecular flexibility index (Phi) is 6.11. The molecule has 0 aliphatic carbocycles. The third-order valence-electron chi connectivity index (χ3n) is 3.98. The lowest BCUT2D eigenvalue weighted by Crippen LogP contribution is -2.40. The van der Waals surface area contributed by atoms with E-state index in [1.807, 2.05) is 6.92 Å². The highest BCUT2D eigenvalue weighted by molar-refractivity contribution is 5.03. The topological polar surface area (TPSA) is 91.8 Å². The molecule has 4 atom stereocenters. The minimum atomic E-state index is -0.662. The molecule has 1 aromatic heterocycles. The van der Waals surface area contributed by atoms with Crippen LogP contribution in [0, 0.1) is 6.92 Å². The van der Waals surface area contributed by atoms with Gasteiger partial charge in [-0.25, -0.2) is 4.79 Å². The quantitative estimate of drug-likeness (QED) is 0.719. The lowest BCUT2D eigenvalue weighted by Gasteiger charge is -2.24. The molecule has 8 nitrogen and oxygen atoms in total. The van der Waals surface area contributed by atoms with Crippen molar-refractivity contribution in [3.63, 3.8) is 0 Å². The highest BCUT2D eigenvalue weighted by atomic mass is 16.6. The molecule has 1 fully saturated rings. The van der Waals surface area contributed by atoms with Crippen LogP contribution in [0.5, 0.6) is 0 Å². The zero-order valence-corrected chi connectivity index (χ0v) is 13.9. The smallest absolute Gasteiger partial charge is 0.330 e. The van der Waals surface area contributed by atoms with Crippen molar-refractivity contribution in [1.29, 1.82) is 0 Å². The van der Waals surface area contributed by atoms with Crippen LogP contribution < -0.4 is 11.2 Å². The van der Waals surface area contributed by atoms with Crippen LogP contribution in [-0.2, 0) is 18.9 Å². The minimum Gasteiger partial charge on any atom is -0.382 e. The van der Waals surface area contributed by atoms with Gasteiger partial charge < -0.3 is 18.9 Å². The number of aromatic amines is 1. The van der Waals surface area contributed by atoms with Crippen LogP contribution >= 0.6 is 0 Å². The molecule has 0 aromatic carbocycles. The molecule has 2 rings (SSSR count). The normalized spacial score (nSPS) is 27.5. The molecular weight excluding hydrogens is 304 g/mol. The lowest BCUT2D eigenvalue weighted by atomic mass is 10.1. The molecular formula is C15H24N2O6. The fourth-order valence-electron chi connectivity index (χ4n) is 2.77. The molecule has 2 heterocycles. The second-order valence-corrected chi connectivity index (χ2v) is 5.48. The van der Waals surface area contributed by atoms with Crippen molar-refractivity contribution in [3.05, 3.63) is 32.6 Å². The van der Waals surface area contributed by atoms with Crippen molar-refractivity contribution in [1.82, 2.24) is 9.55 Å². The Balaban J connectivity index is 2.35. The van der Waals surface area contributed by atoms with Gasteiger partial charge in [-0.1, -0.05) is 6.92 Å². The number of nitrogens with zero attached hydrogens (tertiary/aromatic N) is 1. The van der Waals surface area contributed by atoms with E-state index in [2.05, 4.69) is 4.98 Å². The van der Waals surface area contributed by atoms with E-state index in [0.29, 0.717) is 18.8 Å². The zero-order valence-electron chi connectivity index (χ0n) is 13.9. The third-order valence-corrected chi connectivity index (χ3v) is 3.98. The molecule has 0 radical (unpaired) electrons. The summed E-state index contributed by atoms with van der Waals surface area (Å²) in [5.74, 6) is 0. The average Bonchev–Trinajstić information content (AvgIpc) is 2.88. The molecule has 0 amide bonds. The largest absolute Gasteiger partial charge is 0.382 e. The van der Waals surface area contributed by atoms with E-state index in [-0.39, 0.29) is 12.2 Å². The first kappa shape index (κ1) is 17.9. The summed E-state index contributed by atoms with van der Waals surface area (Å²) in [6.45, 7) is 4.40. The van der Waals surface area contributed by atoms with Gasteiger partial charge in [0, 0.05) is 26.0 Å². The molecule has 1 aliphatic heterocycles. The van der Waals surface area contributed by atoms with Crippen LogP contribution in [-0.4, -0.2) is 55.3 Å². The monoisotopic (exact) mass is 328 g/mol. The Morgan fingerprint density at radius 3 is 2.61 bits per heavy atom. The highest BCUT2D eigenvalue weighted by Crippen LogP contribution is 2.33. The number of aromatic nitrogens is 2. The van der Waals surface area contributed by atoms with Crippen LogP contribution in [0.15, 0.2) is 15.8 Å². The molecule has 1 aliphatic rings. The number of nitrogens with one attached hydrogen (secondary N) is 1. The summed E-state index contributed by atoms with van der Waals surface area (Å²) in [4.78, 5) is 26.0. The fraction of sp³-hybridized carbons (Fsp3) is 0.733. The Morgan fingerprint density at radius 2 is 2.00 bits per heavy atom. The first-order valence-corrected chi connectivity index (χ1v) is 7.64. The van der Waals surface area contributed by atoms with E-state index in [4.69, 9.17) is 18.9 Å². The van der Waals surface area contributed by atoms with E-state index in [1.54, 1.807) is 21.1 Å². The van der Waals surface area contributed by atoms with Gasteiger partial charge in [-0.2, -0.15) is 0 Å². The fourth-order valence-corrected chi connectivity index (χ4v) is 2.77. The SMILES string of the molecule is CC[C@H]1O[C@@H](n2cc(C)c(=O)[nH]c2=O)C(OCCOC)C1OC. The van der Waals surface area contributed by atoms with Gasteiger partial charge in [0.2, 0.25) is 0 Å². The minimum absolute atomic E-state index is 0.198. The molecule has 1 aromatic rings. The van der Waals surface area contributed by atoms with Crippen molar-refractivity contribution < 1.29 is 18.9 Å². The van der Waals surface area contributed by atoms with E-state index >= 15 is 0 Å². The van der Waals surface area contributed by atoms with Crippen LogP contribution in [0.1, 0.15) is 25.1 Å². The Morgan fingerprint density at radius 1 is 1.26 bits per heavy atom. The van der Waals surface area contributed by atoms with E-state index < -0.39 is 23.6 Å². The third kappa shape index (κ3) is 3.72. The first-order valence-electron chi connectivity index (χ1n) is 7.64. The van der Waals surface area contributed by atoms with Gasteiger partial charge in [0.25, 0.3) is 5.56 Å². The summed E-state index contributed by atoms with van der Waals surface area (Å²) in [7, 11) is 3.18. The van der Waals surface area contributed by atoms with Crippen molar-refractivity contribution in [2.75, 3.05) is 27.4 Å². The summed E-state index contributed by atoms with van der Waals surface area (Å²) in [5.41, 5.74) is -0.508. The number of hydrogen-bond acceptors (Lipinski definition) is 6. The van der Waals surface area contributed by atoms with Gasteiger partial charge in [-0.15, -0.1) is 0 Å². The van der Waals surface area contributed by atoms with Crippen molar-refractivity contribution in [2.45, 2.75) is 44.8 Å². The Bertz CT molecular complexity index is 625. The summed E-state index contributed by atoms with van der Waals surface area (Å²) in [6.07, 6.45) is 0.574. The first-order chi connectivity index (χ1) is 11.0. The summed E-state index contributed by atoms with van der Waals surface area (Å²) < 4.78 is 23.7. The van der Waals surface area contributed by atoms with E-state index in [9.17, 15) is 9.59 Å². The van der Waals surface area contributed by atoms with Crippen LogP contribution in [0.4, 0.5) is 0 Å². The maximum Gasteiger partial charge on any atom is 0.330 e. The molecule has 0 spiro atoms. The number of methoxy groups -OCH3 is 2. The maximum atomic E-state index is 12.2. The van der Waals surface area contributed by atoms with Crippen LogP contribution in [0.2, 0.25) is 0 Å². The standard InChI is InChI=1S/C15H24N2O6/c1-5-10-11(21-4)12(22-7-6-20-3)14(23-10)17-8-9(2)13(18)16-15(17)19/h8,10-12,14H,5-7H2,1-4H3,(H,16,18,19)/t10-,11?,12?,14-/m1/s1. The van der Waals surface area contributed by atoms with Crippen molar-refractivity contribution >= 4 is 0 Å². The molecule has 0 saturated carbocycles. The summed E-state index contributed by atoms with van der Waals surface area (Å²) in [6, 6.07) is 0. The number of hydrogen-bond donors (Lipinski definition) is 1. The van der Waals surface area contributed by atoms with E-state index in [0.717, 1.165) is 6.42 Å². The van der Waals surface area contributed by atoms with E-state index in [1.165, 1.54) is 10.8 Å². The van der Waals surface area contributed by atoms with Gasteiger partial charge in [0.1, 0.15) is 12.2 Å². The van der Waals surface area contributed by atoms with Gasteiger partial charge in [0.15, 0.2) is 6.23 Å². The Hall–Kier alpha value is -1.48. The molecule has 8 heteroatoms. The number of H-pyrrole nitrogens is 1. The number of aryl methyl sites for hydroxylation is 1. The summed E-state index contributed by atoms with van der Waals surface area (Å²) in [5, 5.41) is 0. The van der Waals surface area contributed by atoms with Crippen LogP contribution in [0.25, 0.3) is 0 Å². The van der Waals surface area contributed by atoms with Gasteiger partial charge >= 0.3 is 5.69 Å². The second-order valence-electron chi connectivity index (χ2n) is 5.48.